The fourth-order valence-corrected chi connectivity index (χ4v) is 4.41. The normalized spacial score (nSPS) is 12.0. The first-order chi connectivity index (χ1) is 10.7. The van der Waals surface area contributed by atoms with Crippen molar-refractivity contribution >= 4 is 25.7 Å². The van der Waals surface area contributed by atoms with Crippen LogP contribution in [0.5, 0.6) is 0 Å². The number of benzene rings is 2. The van der Waals surface area contributed by atoms with Gasteiger partial charge in [-0.1, -0.05) is 30.3 Å². The van der Waals surface area contributed by atoms with Gasteiger partial charge in [-0.15, -0.1) is 0 Å². The number of hydrogen-bond acceptors (Lipinski definition) is 5. The molecule has 2 aromatic rings. The Hall–Kier alpha value is -2.03. The van der Waals surface area contributed by atoms with Gasteiger partial charge in [-0.05, 0) is 24.3 Å². The molecule has 0 aliphatic carbocycles. The lowest BCUT2D eigenvalue weighted by Crippen LogP contribution is -2.16. The summed E-state index contributed by atoms with van der Waals surface area (Å²) in [4.78, 5) is 12.1. The molecule has 122 valence electrons. The smallest absolute Gasteiger partial charge is 0.265 e. The maximum absolute atomic E-state index is 12.2. The fourth-order valence-electron chi connectivity index (χ4n) is 1.90. The first kappa shape index (κ1) is 17.3. The highest BCUT2D eigenvalue weighted by Gasteiger charge is 2.19. The highest BCUT2D eigenvalue weighted by atomic mass is 32.2. The number of carbonyl (C=O) groups is 1. The molecule has 2 rings (SSSR count). The zero-order chi connectivity index (χ0) is 17.1. The van der Waals surface area contributed by atoms with Gasteiger partial charge in [-0.25, -0.2) is 8.42 Å². The van der Waals surface area contributed by atoms with Gasteiger partial charge in [0, 0.05) is 11.1 Å². The summed E-state index contributed by atoms with van der Waals surface area (Å²) >= 11 is 0. The minimum absolute atomic E-state index is 0.106. The van der Waals surface area contributed by atoms with E-state index in [1.807, 2.05) is 0 Å². The molecule has 0 aromatic heterocycles. The van der Waals surface area contributed by atoms with Crippen LogP contribution in [0.3, 0.4) is 0 Å². The van der Waals surface area contributed by atoms with Gasteiger partial charge in [0.1, 0.15) is 0 Å². The van der Waals surface area contributed by atoms with Crippen LogP contribution in [0.1, 0.15) is 15.9 Å². The van der Waals surface area contributed by atoms with Crippen molar-refractivity contribution in [1.82, 2.24) is 0 Å². The molecule has 0 fully saturated rings. The Morgan fingerprint density at radius 3 is 1.83 bits per heavy atom. The van der Waals surface area contributed by atoms with Crippen molar-refractivity contribution in [3.63, 3.8) is 0 Å². The predicted octanol–water partition coefficient (Wildman–Crippen LogP) is 1.58. The van der Waals surface area contributed by atoms with Crippen molar-refractivity contribution in [1.29, 1.82) is 0 Å². The number of hydrogen-bond donors (Lipinski definition) is 1. The van der Waals surface area contributed by atoms with Gasteiger partial charge in [-0.2, -0.15) is 8.42 Å². The van der Waals surface area contributed by atoms with E-state index in [0.717, 1.165) is 0 Å². The molecule has 0 aliphatic heterocycles. The third kappa shape index (κ3) is 4.72. The van der Waals surface area contributed by atoms with E-state index < -0.39 is 31.5 Å². The molecule has 0 bridgehead atoms. The third-order valence-corrected chi connectivity index (χ3v) is 5.83. The SMILES string of the molecule is O=C(c1ccccc1)c1ccc(S(=O)(=O)CCS(=O)(=O)O)cc1. The standard InChI is InChI=1S/C15H14O6S2/c16-15(12-4-2-1-3-5-12)13-6-8-14(9-7-13)22(17,18)10-11-23(19,20)21/h1-9H,10-11H2,(H,19,20,21). The van der Waals surface area contributed by atoms with Gasteiger partial charge in [-0.3, -0.25) is 9.35 Å². The maximum atomic E-state index is 12.2. The van der Waals surface area contributed by atoms with E-state index >= 15 is 0 Å². The lowest BCUT2D eigenvalue weighted by Gasteiger charge is -2.05. The average Bonchev–Trinajstić information content (AvgIpc) is 2.53. The second-order valence-electron chi connectivity index (χ2n) is 4.82. The van der Waals surface area contributed by atoms with Crippen LogP contribution in [0.25, 0.3) is 0 Å². The first-order valence-electron chi connectivity index (χ1n) is 6.57. The minimum Gasteiger partial charge on any atom is -0.289 e. The number of ketones is 1. The van der Waals surface area contributed by atoms with E-state index in [9.17, 15) is 21.6 Å². The summed E-state index contributed by atoms with van der Waals surface area (Å²) in [6.45, 7) is 0. The molecule has 0 unspecified atom stereocenters. The predicted molar refractivity (Wildman–Crippen MR) is 84.8 cm³/mol. The van der Waals surface area contributed by atoms with Crippen LogP contribution < -0.4 is 0 Å². The third-order valence-electron chi connectivity index (χ3n) is 3.12. The summed E-state index contributed by atoms with van der Waals surface area (Å²) in [6.07, 6.45) is 0. The highest BCUT2D eigenvalue weighted by Crippen LogP contribution is 2.15. The highest BCUT2D eigenvalue weighted by molar-refractivity contribution is 7.93. The second kappa shape index (κ2) is 6.61. The number of sulfone groups is 1. The lowest BCUT2D eigenvalue weighted by atomic mass is 10.0. The monoisotopic (exact) mass is 354 g/mol. The quantitative estimate of drug-likeness (QED) is 0.624. The van der Waals surface area contributed by atoms with E-state index in [-0.39, 0.29) is 10.7 Å². The van der Waals surface area contributed by atoms with E-state index in [1.54, 1.807) is 30.3 Å². The Labute approximate surface area is 134 Å². The molecule has 0 amide bonds. The minimum atomic E-state index is -4.36. The molecule has 2 aromatic carbocycles. The van der Waals surface area contributed by atoms with E-state index in [0.29, 0.717) is 11.1 Å². The second-order valence-corrected chi connectivity index (χ2v) is 8.51. The summed E-state index contributed by atoms with van der Waals surface area (Å²) < 4.78 is 53.9. The zero-order valence-corrected chi connectivity index (χ0v) is 13.5. The average molecular weight is 354 g/mol. The lowest BCUT2D eigenvalue weighted by molar-refractivity contribution is 0.103. The van der Waals surface area contributed by atoms with Crippen molar-refractivity contribution < 1.29 is 26.2 Å². The van der Waals surface area contributed by atoms with Crippen molar-refractivity contribution in [2.45, 2.75) is 4.90 Å². The van der Waals surface area contributed by atoms with Crippen LogP contribution in [-0.2, 0) is 20.0 Å². The first-order valence-corrected chi connectivity index (χ1v) is 9.83. The molecule has 23 heavy (non-hydrogen) atoms. The van der Waals surface area contributed by atoms with Crippen LogP contribution in [-0.4, -0.2) is 38.7 Å². The van der Waals surface area contributed by atoms with Crippen LogP contribution in [0.2, 0.25) is 0 Å². The summed E-state index contributed by atoms with van der Waals surface area (Å²) in [6, 6.07) is 13.8. The molecule has 0 atom stereocenters. The summed E-state index contributed by atoms with van der Waals surface area (Å²) in [5, 5.41) is 0. The van der Waals surface area contributed by atoms with Gasteiger partial charge in [0.15, 0.2) is 15.6 Å². The van der Waals surface area contributed by atoms with Crippen molar-refractivity contribution in [2.75, 3.05) is 11.5 Å². The summed E-state index contributed by atoms with van der Waals surface area (Å²) in [5.41, 5.74) is 0.805. The van der Waals surface area contributed by atoms with Gasteiger partial charge in [0.25, 0.3) is 10.1 Å². The Balaban J connectivity index is 2.21. The van der Waals surface area contributed by atoms with E-state index in [2.05, 4.69) is 0 Å². The van der Waals surface area contributed by atoms with Crippen LogP contribution in [0.4, 0.5) is 0 Å². The number of rotatable bonds is 6. The molecule has 0 saturated heterocycles. The molecule has 0 saturated carbocycles. The Bertz CT molecular complexity index is 898. The Morgan fingerprint density at radius 2 is 1.30 bits per heavy atom. The van der Waals surface area contributed by atoms with Crippen LogP contribution >= 0.6 is 0 Å². The summed E-state index contributed by atoms with van der Waals surface area (Å²) in [5.74, 6) is -1.84. The molecule has 0 heterocycles. The van der Waals surface area contributed by atoms with Gasteiger partial charge in [0.2, 0.25) is 0 Å². The van der Waals surface area contributed by atoms with Crippen molar-refractivity contribution in [3.8, 4) is 0 Å². The molecule has 0 radical (unpaired) electrons. The maximum Gasteiger partial charge on any atom is 0.265 e. The van der Waals surface area contributed by atoms with Crippen LogP contribution in [0, 0.1) is 0 Å². The molecule has 0 spiro atoms. The Morgan fingerprint density at radius 1 is 0.783 bits per heavy atom. The zero-order valence-electron chi connectivity index (χ0n) is 11.9. The molecule has 0 aliphatic rings. The molecular weight excluding hydrogens is 340 g/mol. The number of carbonyl (C=O) groups excluding carboxylic acids is 1. The van der Waals surface area contributed by atoms with Crippen molar-refractivity contribution in [2.24, 2.45) is 0 Å². The van der Waals surface area contributed by atoms with Gasteiger partial charge in [0.05, 0.1) is 16.4 Å². The summed E-state index contributed by atoms with van der Waals surface area (Å²) in [7, 11) is -8.21. The fraction of sp³-hybridized carbons (Fsp3) is 0.133. The van der Waals surface area contributed by atoms with Crippen LogP contribution in [0.15, 0.2) is 59.5 Å². The molecule has 1 N–H and O–H groups in total. The van der Waals surface area contributed by atoms with E-state index in [1.165, 1.54) is 24.3 Å². The van der Waals surface area contributed by atoms with Crippen molar-refractivity contribution in [3.05, 3.63) is 65.7 Å². The largest absolute Gasteiger partial charge is 0.289 e. The van der Waals surface area contributed by atoms with E-state index in [4.69, 9.17) is 4.55 Å². The van der Waals surface area contributed by atoms with Gasteiger partial charge < -0.3 is 0 Å². The molecule has 8 heteroatoms. The van der Waals surface area contributed by atoms with Gasteiger partial charge >= 0.3 is 0 Å². The molecule has 6 nitrogen and oxygen atoms in total. The molecular formula is C15H14O6S2. The Kier molecular flexibility index (Phi) is 4.98. The topological polar surface area (TPSA) is 106 Å².